The molecule has 19 heavy (non-hydrogen) atoms. The Morgan fingerprint density at radius 1 is 1.16 bits per heavy atom. The zero-order chi connectivity index (χ0) is 13.7. The van der Waals surface area contributed by atoms with Gasteiger partial charge in [0.15, 0.2) is 0 Å². The minimum atomic E-state index is -0.412. The van der Waals surface area contributed by atoms with Crippen molar-refractivity contribution < 1.29 is 0 Å². The Morgan fingerprint density at radius 3 is 2.63 bits per heavy atom. The van der Waals surface area contributed by atoms with Gasteiger partial charge < -0.3 is 4.98 Å². The lowest BCUT2D eigenvalue weighted by molar-refractivity contribution is 0.249. The maximum absolute atomic E-state index is 4.66. The van der Waals surface area contributed by atoms with Crippen molar-refractivity contribution in [3.05, 3.63) is 36.0 Å². The predicted octanol–water partition coefficient (Wildman–Crippen LogP) is 3.93. The number of aromatic nitrogens is 1. The van der Waals surface area contributed by atoms with Crippen LogP contribution in [0.2, 0.25) is 0 Å². The number of rotatable bonds is 1. The molecule has 1 aromatic carbocycles. The number of H-pyrrole nitrogens is 1. The molecular formula is C15H20N2S2. The van der Waals surface area contributed by atoms with Crippen molar-refractivity contribution in [3.63, 3.8) is 0 Å². The van der Waals surface area contributed by atoms with E-state index >= 15 is 0 Å². The van der Waals surface area contributed by atoms with E-state index in [0.717, 1.165) is 12.8 Å². The summed E-state index contributed by atoms with van der Waals surface area (Å²) < 4.78 is -0.412. The molecular weight excluding hydrogens is 272 g/mol. The fourth-order valence-corrected chi connectivity index (χ4v) is 4.37. The van der Waals surface area contributed by atoms with Gasteiger partial charge in [0, 0.05) is 22.6 Å². The van der Waals surface area contributed by atoms with Gasteiger partial charge in [0.05, 0.1) is 0 Å². The molecule has 1 unspecified atom stereocenters. The lowest BCUT2D eigenvalue weighted by Gasteiger charge is -2.45. The van der Waals surface area contributed by atoms with Crippen LogP contribution in [-0.4, -0.2) is 14.7 Å². The van der Waals surface area contributed by atoms with Gasteiger partial charge in [-0.1, -0.05) is 18.2 Å². The molecule has 102 valence electrons. The zero-order valence-corrected chi connectivity index (χ0v) is 13.1. The molecule has 2 aromatic rings. The molecule has 0 aliphatic carbocycles. The quantitative estimate of drug-likeness (QED) is 0.465. The number of piperidine rings is 1. The fourth-order valence-electron chi connectivity index (χ4n) is 3.33. The molecule has 2 N–H and O–H groups in total. The molecule has 1 saturated heterocycles. The molecule has 0 radical (unpaired) electrons. The van der Waals surface area contributed by atoms with Gasteiger partial charge in [0.25, 0.3) is 0 Å². The van der Waals surface area contributed by atoms with Crippen molar-refractivity contribution in [1.29, 1.82) is 0 Å². The number of nitrogens with one attached hydrogen (secondary N) is 2. The van der Waals surface area contributed by atoms with E-state index in [1.807, 2.05) is 0 Å². The van der Waals surface area contributed by atoms with Crippen molar-refractivity contribution in [2.24, 2.45) is 0 Å². The lowest BCUT2D eigenvalue weighted by atomic mass is 9.80. The van der Waals surface area contributed by atoms with Crippen LogP contribution in [0.15, 0.2) is 30.5 Å². The van der Waals surface area contributed by atoms with E-state index in [0.29, 0.717) is 5.92 Å². The third-order valence-corrected chi connectivity index (χ3v) is 4.48. The topological polar surface area (TPSA) is 27.8 Å². The van der Waals surface area contributed by atoms with Gasteiger partial charge in [-0.15, -0.1) is 25.3 Å². The minimum absolute atomic E-state index is 0.0464. The molecule has 1 aromatic heterocycles. The molecule has 1 atom stereocenters. The van der Waals surface area contributed by atoms with Gasteiger partial charge in [-0.05, 0) is 44.2 Å². The summed E-state index contributed by atoms with van der Waals surface area (Å²) >= 11 is 9.32. The number of hydrogen-bond donors (Lipinski definition) is 4. The van der Waals surface area contributed by atoms with E-state index in [1.165, 1.54) is 16.5 Å². The van der Waals surface area contributed by atoms with Crippen LogP contribution in [-0.2, 0) is 0 Å². The van der Waals surface area contributed by atoms with Crippen molar-refractivity contribution >= 4 is 36.2 Å². The molecule has 1 aliphatic heterocycles. The molecule has 1 aliphatic rings. The molecule has 0 saturated carbocycles. The summed E-state index contributed by atoms with van der Waals surface area (Å²) in [5, 5.41) is 4.81. The van der Waals surface area contributed by atoms with Gasteiger partial charge in [0.1, 0.15) is 4.20 Å². The third-order valence-electron chi connectivity index (χ3n) is 3.89. The first-order chi connectivity index (χ1) is 8.86. The highest BCUT2D eigenvalue weighted by Gasteiger charge is 2.40. The summed E-state index contributed by atoms with van der Waals surface area (Å²) in [7, 11) is 0. The van der Waals surface area contributed by atoms with E-state index in [4.69, 9.17) is 0 Å². The molecule has 0 spiro atoms. The summed E-state index contributed by atoms with van der Waals surface area (Å²) in [6.07, 6.45) is 4.16. The van der Waals surface area contributed by atoms with Crippen LogP contribution in [0.3, 0.4) is 0 Å². The van der Waals surface area contributed by atoms with Gasteiger partial charge in [-0.2, -0.15) is 0 Å². The van der Waals surface area contributed by atoms with Crippen LogP contribution in [0, 0.1) is 0 Å². The SMILES string of the molecule is CC1(C)CC(c2c[nH]c3ccccc23)CC(S)(S)N1. The van der Waals surface area contributed by atoms with Crippen molar-refractivity contribution in [2.45, 2.75) is 42.3 Å². The van der Waals surface area contributed by atoms with Crippen LogP contribution in [0.1, 0.15) is 38.2 Å². The van der Waals surface area contributed by atoms with Crippen molar-refractivity contribution in [3.8, 4) is 0 Å². The normalized spacial score (nSPS) is 25.6. The number of fused-ring (bicyclic) bond motifs is 1. The summed E-state index contributed by atoms with van der Waals surface area (Å²) in [4.78, 5) is 3.37. The Kier molecular flexibility index (Phi) is 3.15. The van der Waals surface area contributed by atoms with Crippen LogP contribution in [0.4, 0.5) is 0 Å². The van der Waals surface area contributed by atoms with E-state index in [1.54, 1.807) is 0 Å². The van der Waals surface area contributed by atoms with Crippen LogP contribution >= 0.6 is 25.3 Å². The Labute approximate surface area is 125 Å². The van der Waals surface area contributed by atoms with Crippen molar-refractivity contribution in [1.82, 2.24) is 10.3 Å². The number of para-hydroxylation sites is 1. The second-order valence-corrected chi connectivity index (χ2v) is 8.10. The first kappa shape index (κ1) is 13.4. The highest BCUT2D eigenvalue weighted by Crippen LogP contribution is 2.44. The largest absolute Gasteiger partial charge is 0.361 e. The number of benzene rings is 1. The second-order valence-electron chi connectivity index (χ2n) is 6.22. The van der Waals surface area contributed by atoms with Crippen LogP contribution in [0.25, 0.3) is 10.9 Å². The zero-order valence-electron chi connectivity index (χ0n) is 11.3. The molecule has 2 heterocycles. The summed E-state index contributed by atoms with van der Waals surface area (Å²) in [6, 6.07) is 8.48. The summed E-state index contributed by atoms with van der Waals surface area (Å²) in [6.45, 7) is 4.43. The summed E-state index contributed by atoms with van der Waals surface area (Å²) in [5.41, 5.74) is 2.64. The molecule has 2 nitrogen and oxygen atoms in total. The number of hydrogen-bond acceptors (Lipinski definition) is 3. The maximum Gasteiger partial charge on any atom is 0.107 e. The highest BCUT2D eigenvalue weighted by molar-refractivity contribution is 8.00. The first-order valence-corrected chi connectivity index (χ1v) is 7.56. The molecule has 1 fully saturated rings. The standard InChI is InChI=1S/C15H20N2S2/c1-14(2)7-10(8-15(18,19)17-14)12-9-16-13-6-4-3-5-11(12)13/h3-6,9-10,16-19H,7-8H2,1-2H3. The van der Waals surface area contributed by atoms with E-state index in [2.05, 4.69) is 79.9 Å². The maximum atomic E-state index is 4.66. The Hall–Kier alpha value is -0.580. The average molecular weight is 292 g/mol. The predicted molar refractivity (Wildman–Crippen MR) is 88.2 cm³/mol. The van der Waals surface area contributed by atoms with Gasteiger partial charge in [0.2, 0.25) is 0 Å². The first-order valence-electron chi connectivity index (χ1n) is 6.66. The number of aromatic amines is 1. The van der Waals surface area contributed by atoms with Gasteiger partial charge in [-0.3, -0.25) is 5.32 Å². The summed E-state index contributed by atoms with van der Waals surface area (Å²) in [5.74, 6) is 0.474. The fraction of sp³-hybridized carbons (Fsp3) is 0.467. The molecule has 4 heteroatoms. The lowest BCUT2D eigenvalue weighted by Crippen LogP contribution is -2.54. The van der Waals surface area contributed by atoms with E-state index < -0.39 is 4.20 Å². The minimum Gasteiger partial charge on any atom is -0.361 e. The molecule has 0 bridgehead atoms. The Bertz CT molecular complexity index is 585. The van der Waals surface area contributed by atoms with Gasteiger partial charge >= 0.3 is 0 Å². The van der Waals surface area contributed by atoms with Crippen LogP contribution in [0.5, 0.6) is 0 Å². The smallest absolute Gasteiger partial charge is 0.107 e. The highest BCUT2D eigenvalue weighted by atomic mass is 32.2. The number of thiol groups is 2. The molecule has 0 amide bonds. The Balaban J connectivity index is 2.01. The average Bonchev–Trinajstić information content (AvgIpc) is 2.68. The third kappa shape index (κ3) is 2.67. The molecule has 3 rings (SSSR count). The van der Waals surface area contributed by atoms with Gasteiger partial charge in [-0.25, -0.2) is 0 Å². The van der Waals surface area contributed by atoms with E-state index in [-0.39, 0.29) is 5.54 Å². The van der Waals surface area contributed by atoms with Crippen molar-refractivity contribution in [2.75, 3.05) is 0 Å². The van der Waals surface area contributed by atoms with Crippen LogP contribution < -0.4 is 5.32 Å². The second kappa shape index (κ2) is 4.47. The Morgan fingerprint density at radius 2 is 1.89 bits per heavy atom. The van der Waals surface area contributed by atoms with E-state index in [9.17, 15) is 0 Å². The monoisotopic (exact) mass is 292 g/mol.